The molecule has 0 aliphatic carbocycles. The van der Waals surface area contributed by atoms with E-state index < -0.39 is 0 Å². The molecule has 1 amide bonds. The normalized spacial score (nSPS) is 19.0. The van der Waals surface area contributed by atoms with E-state index in [0.717, 1.165) is 29.5 Å². The van der Waals surface area contributed by atoms with Gasteiger partial charge in [-0.2, -0.15) is 11.8 Å². The molecule has 1 aromatic carbocycles. The van der Waals surface area contributed by atoms with Crippen LogP contribution in [0.3, 0.4) is 0 Å². The number of rotatable bonds is 3. The summed E-state index contributed by atoms with van der Waals surface area (Å²) in [5.74, 6) is 1.66. The Labute approximate surface area is 180 Å². The lowest BCUT2D eigenvalue weighted by molar-refractivity contribution is -0.130. The fourth-order valence-electron chi connectivity index (χ4n) is 2.73. The summed E-state index contributed by atoms with van der Waals surface area (Å²) in [5, 5.41) is 7.10. The molecule has 0 radical (unpaired) electrons. The Balaban J connectivity index is 0.000000526. The minimum atomic E-state index is -0.143. The van der Waals surface area contributed by atoms with Gasteiger partial charge in [-0.15, -0.1) is 0 Å². The van der Waals surface area contributed by atoms with Crippen LogP contribution in [-0.2, 0) is 11.3 Å². The third kappa shape index (κ3) is 9.05. The van der Waals surface area contributed by atoms with Gasteiger partial charge in [-0.1, -0.05) is 55.8 Å². The maximum absolute atomic E-state index is 11.9. The van der Waals surface area contributed by atoms with Crippen LogP contribution in [0.25, 0.3) is 11.3 Å². The van der Waals surface area contributed by atoms with Gasteiger partial charge in [0.05, 0.1) is 11.7 Å². The van der Waals surface area contributed by atoms with E-state index in [4.69, 9.17) is 4.52 Å². The predicted molar refractivity (Wildman–Crippen MR) is 124 cm³/mol. The van der Waals surface area contributed by atoms with Crippen LogP contribution < -0.4 is 5.32 Å². The molecule has 2 aromatic rings. The molecule has 1 N–H and O–H groups in total. The Morgan fingerprint density at radius 3 is 2.31 bits per heavy atom. The molecule has 1 aliphatic heterocycles. The molecule has 2 atom stereocenters. The van der Waals surface area contributed by atoms with Crippen molar-refractivity contribution in [3.8, 4) is 11.3 Å². The Morgan fingerprint density at radius 2 is 1.76 bits per heavy atom. The number of amides is 1. The predicted octanol–water partition coefficient (Wildman–Crippen LogP) is 5.00. The highest BCUT2D eigenvalue weighted by Gasteiger charge is 2.29. The summed E-state index contributed by atoms with van der Waals surface area (Å²) in [4.78, 5) is 14.0. The van der Waals surface area contributed by atoms with Crippen LogP contribution in [0, 0.1) is 12.8 Å². The standard InChI is InChI=1S/C17H21N3O2.C4H10.C2H6S/c1-11-4-6-14(7-5-11)16-8-15(19-22-16)10-20-9-12(2)18-17(21)13(20)3;1-4(2)3;1-3-2/h4-8,12-13H,9-10H2,1-3H3,(H,18,21);4H,1-3H3;1-2H3. The van der Waals surface area contributed by atoms with E-state index in [2.05, 4.69) is 55.2 Å². The molecular formula is C23H37N3O2S. The maximum Gasteiger partial charge on any atom is 0.237 e. The van der Waals surface area contributed by atoms with Crippen molar-refractivity contribution >= 4 is 17.7 Å². The Morgan fingerprint density at radius 1 is 1.21 bits per heavy atom. The highest BCUT2D eigenvalue weighted by molar-refractivity contribution is 7.97. The zero-order valence-corrected chi connectivity index (χ0v) is 20.0. The van der Waals surface area contributed by atoms with Crippen molar-refractivity contribution in [3.63, 3.8) is 0 Å². The van der Waals surface area contributed by atoms with Crippen LogP contribution in [0.15, 0.2) is 34.9 Å². The summed E-state index contributed by atoms with van der Waals surface area (Å²) in [6.45, 7) is 13.9. The summed E-state index contributed by atoms with van der Waals surface area (Å²) < 4.78 is 5.44. The maximum atomic E-state index is 11.9. The molecule has 0 spiro atoms. The lowest BCUT2D eigenvalue weighted by Gasteiger charge is -2.35. The second kappa shape index (κ2) is 12.7. The average Bonchev–Trinajstić information content (AvgIpc) is 3.08. The van der Waals surface area contributed by atoms with E-state index >= 15 is 0 Å². The van der Waals surface area contributed by atoms with E-state index in [1.54, 1.807) is 11.8 Å². The molecule has 2 unspecified atom stereocenters. The van der Waals surface area contributed by atoms with Gasteiger partial charge in [0.25, 0.3) is 0 Å². The van der Waals surface area contributed by atoms with Crippen molar-refractivity contribution in [2.75, 3.05) is 19.1 Å². The zero-order chi connectivity index (χ0) is 22.0. The molecule has 2 heterocycles. The van der Waals surface area contributed by atoms with Crippen molar-refractivity contribution in [1.82, 2.24) is 15.4 Å². The molecule has 5 nitrogen and oxygen atoms in total. The van der Waals surface area contributed by atoms with E-state index in [0.29, 0.717) is 6.54 Å². The molecule has 3 rings (SSSR count). The Bertz CT molecular complexity index is 725. The van der Waals surface area contributed by atoms with Crippen molar-refractivity contribution in [2.45, 2.75) is 60.2 Å². The topological polar surface area (TPSA) is 58.4 Å². The number of aryl methyl sites for hydroxylation is 1. The number of piperazine rings is 1. The first kappa shape index (κ1) is 25.2. The first-order chi connectivity index (χ1) is 13.7. The van der Waals surface area contributed by atoms with Crippen LogP contribution in [-0.4, -0.2) is 47.1 Å². The molecule has 1 aliphatic rings. The summed E-state index contributed by atoms with van der Waals surface area (Å²) in [6.07, 6.45) is 4.08. The van der Waals surface area contributed by atoms with Gasteiger partial charge in [0.2, 0.25) is 5.91 Å². The van der Waals surface area contributed by atoms with E-state index in [9.17, 15) is 4.79 Å². The van der Waals surface area contributed by atoms with E-state index in [-0.39, 0.29) is 18.0 Å². The fourth-order valence-corrected chi connectivity index (χ4v) is 2.73. The van der Waals surface area contributed by atoms with Crippen LogP contribution in [0.1, 0.15) is 45.9 Å². The molecule has 0 saturated carbocycles. The van der Waals surface area contributed by atoms with Gasteiger partial charge in [-0.3, -0.25) is 9.69 Å². The SMILES string of the molecule is CC(C)C.CSC.Cc1ccc(-c2cc(CN3CC(C)NC(=O)C3C)no2)cc1. The monoisotopic (exact) mass is 419 g/mol. The number of nitrogens with zero attached hydrogens (tertiary/aromatic N) is 2. The number of carbonyl (C=O) groups is 1. The zero-order valence-electron chi connectivity index (χ0n) is 19.2. The molecule has 1 saturated heterocycles. The number of carbonyl (C=O) groups excluding carboxylic acids is 1. The summed E-state index contributed by atoms with van der Waals surface area (Å²) in [6, 6.07) is 10.1. The minimum Gasteiger partial charge on any atom is -0.356 e. The van der Waals surface area contributed by atoms with Crippen LogP contribution in [0.5, 0.6) is 0 Å². The van der Waals surface area contributed by atoms with Gasteiger partial charge in [0.1, 0.15) is 0 Å². The highest BCUT2D eigenvalue weighted by atomic mass is 32.2. The number of aromatic nitrogens is 1. The number of hydrogen-bond acceptors (Lipinski definition) is 5. The fraction of sp³-hybridized carbons (Fsp3) is 0.565. The van der Waals surface area contributed by atoms with Gasteiger partial charge in [-0.05, 0) is 39.2 Å². The van der Waals surface area contributed by atoms with Gasteiger partial charge in [0.15, 0.2) is 5.76 Å². The lowest BCUT2D eigenvalue weighted by atomic mass is 10.1. The third-order valence-electron chi connectivity index (χ3n) is 4.08. The third-order valence-corrected chi connectivity index (χ3v) is 4.08. The van der Waals surface area contributed by atoms with Gasteiger partial charge in [0, 0.05) is 30.8 Å². The van der Waals surface area contributed by atoms with Crippen molar-refractivity contribution in [2.24, 2.45) is 5.92 Å². The number of nitrogens with one attached hydrogen (secondary N) is 1. The highest BCUT2D eigenvalue weighted by Crippen LogP contribution is 2.22. The average molecular weight is 420 g/mol. The van der Waals surface area contributed by atoms with E-state index in [1.807, 2.05) is 44.6 Å². The van der Waals surface area contributed by atoms with E-state index in [1.165, 1.54) is 5.56 Å². The van der Waals surface area contributed by atoms with Crippen LogP contribution in [0.4, 0.5) is 0 Å². The molecule has 1 fully saturated rings. The smallest absolute Gasteiger partial charge is 0.237 e. The first-order valence-electron chi connectivity index (χ1n) is 10.1. The summed E-state index contributed by atoms with van der Waals surface area (Å²) in [5.41, 5.74) is 3.08. The number of benzene rings is 1. The van der Waals surface area contributed by atoms with Crippen molar-refractivity contribution in [3.05, 3.63) is 41.6 Å². The van der Waals surface area contributed by atoms with Gasteiger partial charge < -0.3 is 9.84 Å². The molecule has 29 heavy (non-hydrogen) atoms. The largest absolute Gasteiger partial charge is 0.356 e. The number of thioether (sulfide) groups is 1. The van der Waals surface area contributed by atoms with Crippen molar-refractivity contribution < 1.29 is 9.32 Å². The van der Waals surface area contributed by atoms with Crippen LogP contribution >= 0.6 is 11.8 Å². The van der Waals surface area contributed by atoms with Gasteiger partial charge in [-0.25, -0.2) is 0 Å². The Hall–Kier alpha value is -1.79. The molecular weight excluding hydrogens is 382 g/mol. The van der Waals surface area contributed by atoms with Crippen LogP contribution in [0.2, 0.25) is 0 Å². The summed E-state index contributed by atoms with van der Waals surface area (Å²) in [7, 11) is 0. The summed E-state index contributed by atoms with van der Waals surface area (Å²) >= 11 is 1.75. The van der Waals surface area contributed by atoms with Crippen molar-refractivity contribution in [1.29, 1.82) is 0 Å². The molecule has 0 bridgehead atoms. The molecule has 162 valence electrons. The Kier molecular flexibility index (Phi) is 11.1. The lowest BCUT2D eigenvalue weighted by Crippen LogP contribution is -2.57. The minimum absolute atomic E-state index is 0.0704. The quantitative estimate of drug-likeness (QED) is 0.759. The molecule has 6 heteroatoms. The second-order valence-electron chi connectivity index (χ2n) is 8.20. The number of hydrogen-bond donors (Lipinski definition) is 1. The second-order valence-corrected chi connectivity index (χ2v) is 9.02. The van der Waals surface area contributed by atoms with Gasteiger partial charge >= 0.3 is 0 Å². The first-order valence-corrected chi connectivity index (χ1v) is 11.8. The molecule has 1 aromatic heterocycles.